The molecule has 0 bridgehead atoms. The molecule has 0 spiro atoms. The van der Waals surface area contributed by atoms with Crippen LogP contribution in [-0.2, 0) is 0 Å². The zero-order valence-corrected chi connectivity index (χ0v) is 9.92. The van der Waals surface area contributed by atoms with Crippen LogP contribution >= 0.6 is 11.8 Å². The minimum atomic E-state index is 0.0641. The van der Waals surface area contributed by atoms with Crippen molar-refractivity contribution in [1.82, 2.24) is 9.55 Å². The summed E-state index contributed by atoms with van der Waals surface area (Å²) in [7, 11) is 0. The quantitative estimate of drug-likeness (QED) is 0.815. The number of hydrogen-bond donors (Lipinski definition) is 1. The lowest BCUT2D eigenvalue weighted by Gasteiger charge is -2.17. The van der Waals surface area contributed by atoms with E-state index in [9.17, 15) is 0 Å². The predicted octanol–water partition coefficient (Wildman–Crippen LogP) is 2.22. The van der Waals surface area contributed by atoms with Gasteiger partial charge in [0.2, 0.25) is 0 Å². The Balaban J connectivity index is 2.68. The average Bonchev–Trinajstić information content (AvgIpc) is 2.62. The average molecular weight is 213 g/mol. The molecule has 0 amide bonds. The molecule has 4 heteroatoms. The molecular formula is C10H19N3S. The van der Waals surface area contributed by atoms with E-state index in [1.165, 1.54) is 5.75 Å². The second-order valence-corrected chi connectivity index (χ2v) is 4.63. The summed E-state index contributed by atoms with van der Waals surface area (Å²) in [5, 5.41) is 0. The first kappa shape index (κ1) is 11.6. The third-order valence-corrected chi connectivity index (χ3v) is 3.02. The Morgan fingerprint density at radius 1 is 1.57 bits per heavy atom. The Morgan fingerprint density at radius 2 is 2.29 bits per heavy atom. The maximum atomic E-state index is 5.86. The second-order valence-electron chi connectivity index (χ2n) is 3.64. The van der Waals surface area contributed by atoms with Gasteiger partial charge >= 0.3 is 0 Å². The smallest absolute Gasteiger partial charge is 0.0951 e. The zero-order chi connectivity index (χ0) is 10.6. The van der Waals surface area contributed by atoms with E-state index in [-0.39, 0.29) is 6.04 Å². The monoisotopic (exact) mass is 213 g/mol. The summed E-state index contributed by atoms with van der Waals surface area (Å²) in [6.07, 6.45) is 7.04. The molecule has 1 rings (SSSR count). The molecule has 2 N–H and O–H groups in total. The molecule has 14 heavy (non-hydrogen) atoms. The topological polar surface area (TPSA) is 43.8 Å². The Kier molecular flexibility index (Phi) is 4.48. The van der Waals surface area contributed by atoms with Crippen molar-refractivity contribution in [3.05, 3.63) is 18.2 Å². The maximum absolute atomic E-state index is 5.86. The van der Waals surface area contributed by atoms with Crippen LogP contribution < -0.4 is 5.73 Å². The van der Waals surface area contributed by atoms with Crippen molar-refractivity contribution >= 4 is 11.8 Å². The van der Waals surface area contributed by atoms with E-state index in [1.54, 1.807) is 0 Å². The van der Waals surface area contributed by atoms with E-state index in [4.69, 9.17) is 5.73 Å². The lowest BCUT2D eigenvalue weighted by molar-refractivity contribution is 0.502. The molecule has 1 unspecified atom stereocenters. The first-order valence-corrected chi connectivity index (χ1v) is 6.32. The highest BCUT2D eigenvalue weighted by atomic mass is 32.2. The molecule has 3 nitrogen and oxygen atoms in total. The fraction of sp³-hybridized carbons (Fsp3) is 0.700. The molecule has 0 aliphatic rings. The fourth-order valence-corrected chi connectivity index (χ4v) is 2.04. The molecule has 0 saturated heterocycles. The molecule has 0 aromatic carbocycles. The van der Waals surface area contributed by atoms with Gasteiger partial charge < -0.3 is 10.3 Å². The number of imidazole rings is 1. The Morgan fingerprint density at radius 3 is 2.86 bits per heavy atom. The van der Waals surface area contributed by atoms with E-state index < -0.39 is 0 Å². The van der Waals surface area contributed by atoms with Crippen molar-refractivity contribution in [3.8, 4) is 0 Å². The highest BCUT2D eigenvalue weighted by molar-refractivity contribution is 7.98. The summed E-state index contributed by atoms with van der Waals surface area (Å²) < 4.78 is 2.18. The summed E-state index contributed by atoms with van der Waals surface area (Å²) in [6.45, 7) is 4.21. The predicted molar refractivity (Wildman–Crippen MR) is 62.5 cm³/mol. The third-order valence-electron chi connectivity index (χ3n) is 2.38. The van der Waals surface area contributed by atoms with Gasteiger partial charge in [0.05, 0.1) is 12.0 Å². The fourth-order valence-electron chi connectivity index (χ4n) is 1.46. The van der Waals surface area contributed by atoms with Crippen molar-refractivity contribution in [1.29, 1.82) is 0 Å². The van der Waals surface area contributed by atoms with Crippen LogP contribution in [0.2, 0.25) is 0 Å². The summed E-state index contributed by atoms with van der Waals surface area (Å²) in [4.78, 5) is 4.15. The lowest BCUT2D eigenvalue weighted by Crippen LogP contribution is -2.15. The largest absolute Gasteiger partial charge is 0.330 e. The van der Waals surface area contributed by atoms with E-state index in [2.05, 4.69) is 22.7 Å². The molecule has 1 aromatic rings. The summed E-state index contributed by atoms with van der Waals surface area (Å²) in [5.41, 5.74) is 6.98. The van der Waals surface area contributed by atoms with Crippen LogP contribution in [-0.4, -0.2) is 21.6 Å². The minimum Gasteiger partial charge on any atom is -0.330 e. The van der Waals surface area contributed by atoms with Crippen LogP contribution in [0.25, 0.3) is 0 Å². The molecule has 1 aromatic heterocycles. The molecule has 0 radical (unpaired) electrons. The summed E-state index contributed by atoms with van der Waals surface area (Å²) in [5.74, 6) is 1.18. The van der Waals surface area contributed by atoms with E-state index >= 15 is 0 Å². The summed E-state index contributed by atoms with van der Waals surface area (Å²) >= 11 is 1.88. The number of aromatic nitrogens is 2. The highest BCUT2D eigenvalue weighted by Gasteiger charge is 2.11. The Hall–Kier alpha value is -0.480. The van der Waals surface area contributed by atoms with Crippen LogP contribution in [0.1, 0.15) is 38.0 Å². The van der Waals surface area contributed by atoms with Gasteiger partial charge in [-0.1, -0.05) is 0 Å². The summed E-state index contributed by atoms with van der Waals surface area (Å²) in [6, 6.07) is 0.556. The lowest BCUT2D eigenvalue weighted by atomic mass is 10.2. The van der Waals surface area contributed by atoms with Crippen LogP contribution in [0.15, 0.2) is 12.5 Å². The van der Waals surface area contributed by atoms with Crippen molar-refractivity contribution in [2.24, 2.45) is 5.73 Å². The highest BCUT2D eigenvalue weighted by Crippen LogP contribution is 2.18. The van der Waals surface area contributed by atoms with Crippen LogP contribution in [0, 0.1) is 0 Å². The van der Waals surface area contributed by atoms with Gasteiger partial charge in [-0.05, 0) is 32.3 Å². The van der Waals surface area contributed by atoms with E-state index in [1.807, 2.05) is 31.2 Å². The van der Waals surface area contributed by atoms with Gasteiger partial charge in [0.25, 0.3) is 0 Å². The first-order chi connectivity index (χ1) is 6.66. The molecule has 0 fully saturated rings. The maximum Gasteiger partial charge on any atom is 0.0951 e. The van der Waals surface area contributed by atoms with Crippen molar-refractivity contribution < 1.29 is 0 Å². The van der Waals surface area contributed by atoms with Gasteiger partial charge in [-0.3, -0.25) is 0 Å². The zero-order valence-electron chi connectivity index (χ0n) is 9.10. The number of nitrogens with two attached hydrogens (primary N) is 1. The normalized spacial score (nSPS) is 15.4. The molecule has 0 aliphatic heterocycles. The molecule has 0 aliphatic carbocycles. The molecular weight excluding hydrogens is 194 g/mol. The first-order valence-electron chi connectivity index (χ1n) is 4.93. The van der Waals surface area contributed by atoms with Gasteiger partial charge in [0, 0.05) is 18.3 Å². The van der Waals surface area contributed by atoms with E-state index in [0.29, 0.717) is 6.04 Å². The Bertz CT molecular complexity index is 270. The van der Waals surface area contributed by atoms with Gasteiger partial charge in [0.15, 0.2) is 0 Å². The molecule has 0 saturated carbocycles. The van der Waals surface area contributed by atoms with Crippen LogP contribution in [0.5, 0.6) is 0 Å². The van der Waals surface area contributed by atoms with Crippen molar-refractivity contribution in [2.75, 3.05) is 12.0 Å². The number of thioether (sulfide) groups is 1. The number of nitrogens with zero attached hydrogens (tertiary/aromatic N) is 2. The van der Waals surface area contributed by atoms with Gasteiger partial charge in [0.1, 0.15) is 0 Å². The molecule has 80 valence electrons. The molecule has 1 heterocycles. The van der Waals surface area contributed by atoms with Crippen molar-refractivity contribution in [2.45, 2.75) is 32.4 Å². The third kappa shape index (κ3) is 2.75. The van der Waals surface area contributed by atoms with E-state index in [0.717, 1.165) is 12.1 Å². The van der Waals surface area contributed by atoms with Crippen molar-refractivity contribution in [3.63, 3.8) is 0 Å². The van der Waals surface area contributed by atoms with Crippen LogP contribution in [0.3, 0.4) is 0 Å². The second kappa shape index (κ2) is 5.41. The minimum absolute atomic E-state index is 0.0641. The Labute approximate surface area is 90.1 Å². The standard InChI is InChI=1S/C10H19N3S/c1-8(4-5-14-3)13-7-12-6-10(13)9(2)11/h6-9H,4-5,11H2,1-3H3/t8?,9-/m1/s1. The van der Waals surface area contributed by atoms with Gasteiger partial charge in [-0.25, -0.2) is 4.98 Å². The molecule has 2 atom stereocenters. The van der Waals surface area contributed by atoms with Gasteiger partial charge in [-0.15, -0.1) is 0 Å². The SMILES string of the molecule is CSCCC(C)n1cncc1[C@@H](C)N. The van der Waals surface area contributed by atoms with Crippen LogP contribution in [0.4, 0.5) is 0 Å². The van der Waals surface area contributed by atoms with Gasteiger partial charge in [-0.2, -0.15) is 11.8 Å². The number of hydrogen-bond acceptors (Lipinski definition) is 3. The number of rotatable bonds is 5.